The zero-order chi connectivity index (χ0) is 27.1. The van der Waals surface area contributed by atoms with Crippen molar-refractivity contribution in [1.29, 1.82) is 0 Å². The van der Waals surface area contributed by atoms with Crippen LogP contribution in [0.4, 0.5) is 0 Å². The Balaban J connectivity index is 0. The summed E-state index contributed by atoms with van der Waals surface area (Å²) in [4.78, 5) is 0. The van der Waals surface area contributed by atoms with Gasteiger partial charge in [-0.1, -0.05) is 11.6 Å². The van der Waals surface area contributed by atoms with Crippen molar-refractivity contribution in [1.82, 2.24) is 0 Å². The van der Waals surface area contributed by atoms with Gasteiger partial charge in [-0.25, -0.2) is 0 Å². The van der Waals surface area contributed by atoms with Crippen molar-refractivity contribution >= 4 is 0 Å². The fraction of sp³-hybridized carbons (Fsp3) is 0.846. The first-order valence-electron chi connectivity index (χ1n) is 12.6. The Morgan fingerprint density at radius 1 is 0.583 bits per heavy atom. The molecule has 10 heteroatoms. The molecule has 0 spiro atoms. The van der Waals surface area contributed by atoms with E-state index in [1.807, 2.05) is 33.8 Å². The third-order valence-electron chi connectivity index (χ3n) is 4.14. The number of hydrogen-bond donors (Lipinski definition) is 2. The second-order valence-electron chi connectivity index (χ2n) is 7.79. The quantitative estimate of drug-likeness (QED) is 0.129. The van der Waals surface area contributed by atoms with Gasteiger partial charge in [0.25, 0.3) is 0 Å². The van der Waals surface area contributed by atoms with Crippen LogP contribution in [-0.2, 0) is 37.9 Å². The predicted molar refractivity (Wildman–Crippen MR) is 140 cm³/mol. The van der Waals surface area contributed by atoms with Gasteiger partial charge in [0.05, 0.1) is 112 Å². The van der Waals surface area contributed by atoms with Gasteiger partial charge in [0.1, 0.15) is 6.10 Å². The van der Waals surface area contributed by atoms with E-state index in [0.29, 0.717) is 99.1 Å². The lowest BCUT2D eigenvalue weighted by Crippen LogP contribution is -2.22. The van der Waals surface area contributed by atoms with Crippen molar-refractivity contribution in [2.45, 2.75) is 33.8 Å². The molecule has 0 amide bonds. The van der Waals surface area contributed by atoms with Crippen molar-refractivity contribution in [3.05, 3.63) is 23.8 Å². The molecule has 0 bridgehead atoms. The molecule has 1 unspecified atom stereocenters. The Kier molecular flexibility index (Phi) is 33.2. The Morgan fingerprint density at radius 2 is 0.861 bits per heavy atom. The first-order chi connectivity index (χ1) is 17.5. The number of ether oxygens (including phenoxy) is 8. The summed E-state index contributed by atoms with van der Waals surface area (Å²) in [5.41, 5.74) is 2.17. The van der Waals surface area contributed by atoms with Crippen LogP contribution >= 0.6 is 0 Å². The smallest absolute Gasteiger partial charge is 0.101 e. The summed E-state index contributed by atoms with van der Waals surface area (Å²) in [6, 6.07) is 0. The van der Waals surface area contributed by atoms with Crippen LogP contribution < -0.4 is 0 Å². The maximum Gasteiger partial charge on any atom is 0.101 e. The molecular formula is C26H52O10. The van der Waals surface area contributed by atoms with Gasteiger partial charge in [-0.05, 0) is 33.3 Å². The summed E-state index contributed by atoms with van der Waals surface area (Å²) < 4.78 is 43.0. The van der Waals surface area contributed by atoms with Crippen LogP contribution in [0.3, 0.4) is 0 Å². The third kappa shape index (κ3) is 33.1. The highest BCUT2D eigenvalue weighted by Crippen LogP contribution is 2.04. The third-order valence-corrected chi connectivity index (χ3v) is 4.14. The summed E-state index contributed by atoms with van der Waals surface area (Å²) in [6.45, 7) is 18.6. The van der Waals surface area contributed by atoms with Crippen molar-refractivity contribution in [3.63, 3.8) is 0 Å². The normalized spacial score (nSPS) is 12.3. The van der Waals surface area contributed by atoms with E-state index in [9.17, 15) is 5.11 Å². The largest absolute Gasteiger partial charge is 0.394 e. The van der Waals surface area contributed by atoms with E-state index < -0.39 is 0 Å². The van der Waals surface area contributed by atoms with E-state index in [-0.39, 0.29) is 19.3 Å². The molecule has 2 N–H and O–H groups in total. The molecule has 0 saturated carbocycles. The topological polar surface area (TPSA) is 114 Å². The van der Waals surface area contributed by atoms with Crippen molar-refractivity contribution in [2.24, 2.45) is 0 Å². The number of hydrogen-bond acceptors (Lipinski definition) is 10. The van der Waals surface area contributed by atoms with Gasteiger partial charge < -0.3 is 48.1 Å². The number of allylic oxidation sites excluding steroid dienone is 2. The van der Waals surface area contributed by atoms with E-state index in [1.165, 1.54) is 5.57 Å². The molecule has 0 aliphatic carbocycles. The van der Waals surface area contributed by atoms with Gasteiger partial charge in [0, 0.05) is 0 Å². The fourth-order valence-corrected chi connectivity index (χ4v) is 2.25. The lowest BCUT2D eigenvalue weighted by atomic mass is 10.2. The highest BCUT2D eigenvalue weighted by molar-refractivity contribution is 5.03. The first-order valence-corrected chi connectivity index (χ1v) is 12.6. The zero-order valence-electron chi connectivity index (χ0n) is 23.0. The molecule has 0 aliphatic rings. The molecular weight excluding hydrogens is 472 g/mol. The molecule has 0 aromatic heterocycles. The minimum absolute atomic E-state index is 0.0274. The average Bonchev–Trinajstić information content (AvgIpc) is 2.86. The Morgan fingerprint density at radius 3 is 1.11 bits per heavy atom. The van der Waals surface area contributed by atoms with Crippen LogP contribution in [-0.4, -0.2) is 129 Å². The molecule has 0 heterocycles. The molecule has 0 radical (unpaired) electrons. The van der Waals surface area contributed by atoms with Crippen molar-refractivity contribution in [3.8, 4) is 0 Å². The maximum atomic E-state index is 9.24. The number of aliphatic hydroxyl groups is 2. The van der Waals surface area contributed by atoms with Crippen molar-refractivity contribution in [2.75, 3.05) is 112 Å². The minimum Gasteiger partial charge on any atom is -0.394 e. The molecule has 36 heavy (non-hydrogen) atoms. The molecule has 0 aromatic carbocycles. The Labute approximate surface area is 218 Å². The minimum atomic E-state index is -0.262. The monoisotopic (exact) mass is 524 g/mol. The van der Waals surface area contributed by atoms with Crippen molar-refractivity contribution < 1.29 is 48.1 Å². The Hall–Kier alpha value is -0.920. The second-order valence-corrected chi connectivity index (χ2v) is 7.79. The van der Waals surface area contributed by atoms with Crippen LogP contribution in [0.2, 0.25) is 0 Å². The van der Waals surface area contributed by atoms with E-state index in [0.717, 1.165) is 5.57 Å². The molecule has 216 valence electrons. The van der Waals surface area contributed by atoms with Gasteiger partial charge in [0.2, 0.25) is 0 Å². The van der Waals surface area contributed by atoms with Crippen LogP contribution in [0, 0.1) is 0 Å². The highest BCUT2D eigenvalue weighted by Gasteiger charge is 2.08. The number of aliphatic hydroxyl groups excluding tert-OH is 2. The second kappa shape index (κ2) is 32.1. The lowest BCUT2D eigenvalue weighted by molar-refractivity contribution is -0.0297. The van der Waals surface area contributed by atoms with E-state index in [2.05, 4.69) is 6.58 Å². The molecule has 0 aliphatic heterocycles. The van der Waals surface area contributed by atoms with E-state index in [1.54, 1.807) is 0 Å². The highest BCUT2D eigenvalue weighted by atomic mass is 16.6. The van der Waals surface area contributed by atoms with Gasteiger partial charge in [-0.3, -0.25) is 0 Å². The van der Waals surface area contributed by atoms with Crippen LogP contribution in [0.1, 0.15) is 27.7 Å². The summed E-state index contributed by atoms with van der Waals surface area (Å²) in [6.07, 6.45) is 1.67. The molecule has 0 fully saturated rings. The standard InChI is InChI=1S/C22H44O10.C4H8/c1-3-21(2)22(20-24)32-19-18-31-17-16-30-15-14-29-13-12-28-11-10-27-9-8-26-7-6-25-5-4-23;1-4(2)3/h3,22-24H,4-20H2,1-2H3;1H2,2-3H3. The summed E-state index contributed by atoms with van der Waals surface area (Å²) in [7, 11) is 0. The van der Waals surface area contributed by atoms with Gasteiger partial charge in [-0.2, -0.15) is 0 Å². The molecule has 10 nitrogen and oxygen atoms in total. The molecule has 0 aromatic rings. The fourth-order valence-electron chi connectivity index (χ4n) is 2.25. The van der Waals surface area contributed by atoms with Crippen LogP contribution in [0.25, 0.3) is 0 Å². The summed E-state index contributed by atoms with van der Waals surface area (Å²) in [5, 5.41) is 17.8. The predicted octanol–water partition coefficient (Wildman–Crippen LogP) is 2.02. The van der Waals surface area contributed by atoms with Gasteiger partial charge in [-0.15, -0.1) is 6.58 Å². The van der Waals surface area contributed by atoms with Crippen LogP contribution in [0.15, 0.2) is 23.8 Å². The van der Waals surface area contributed by atoms with E-state index in [4.69, 9.17) is 43.0 Å². The maximum absolute atomic E-state index is 9.24. The SMILES string of the molecule is C=C(C)C.CC=C(C)C(CO)OCCOCCOCCOCCOCCOCCOCCOCCO. The van der Waals surface area contributed by atoms with Gasteiger partial charge in [0.15, 0.2) is 0 Å². The zero-order valence-corrected chi connectivity index (χ0v) is 23.0. The average molecular weight is 525 g/mol. The summed E-state index contributed by atoms with van der Waals surface area (Å²) >= 11 is 0. The molecule has 0 rings (SSSR count). The lowest BCUT2D eigenvalue weighted by Gasteiger charge is -2.16. The molecule has 0 saturated heterocycles. The van der Waals surface area contributed by atoms with E-state index >= 15 is 0 Å². The van der Waals surface area contributed by atoms with Gasteiger partial charge >= 0.3 is 0 Å². The number of rotatable bonds is 26. The summed E-state index contributed by atoms with van der Waals surface area (Å²) in [5.74, 6) is 0. The van der Waals surface area contributed by atoms with Crippen LogP contribution in [0.5, 0.6) is 0 Å². The Bertz CT molecular complexity index is 470. The first kappa shape index (κ1) is 37.2. The molecule has 1 atom stereocenters.